The number of furan rings is 1. The molecule has 0 aromatic carbocycles. The van der Waals surface area contributed by atoms with Gasteiger partial charge in [0.15, 0.2) is 0 Å². The van der Waals surface area contributed by atoms with Crippen LogP contribution in [0.5, 0.6) is 0 Å². The van der Waals surface area contributed by atoms with Crippen molar-refractivity contribution in [3.05, 3.63) is 29.7 Å². The normalized spacial score (nSPS) is 17.0. The Balaban J connectivity index is 1.57. The molecule has 19 heavy (non-hydrogen) atoms. The summed E-state index contributed by atoms with van der Waals surface area (Å²) >= 11 is 1.63. The maximum atomic E-state index is 9.92. The van der Waals surface area contributed by atoms with Crippen LogP contribution in [0.4, 0.5) is 0 Å². The van der Waals surface area contributed by atoms with Gasteiger partial charge in [-0.25, -0.2) is 4.98 Å². The molecule has 2 aromatic rings. The van der Waals surface area contributed by atoms with E-state index in [1.54, 1.807) is 23.9 Å². The first-order valence-corrected chi connectivity index (χ1v) is 7.44. The van der Waals surface area contributed by atoms with Crippen LogP contribution in [0.25, 0.3) is 10.6 Å². The minimum Gasteiger partial charge on any atom is -0.472 e. The van der Waals surface area contributed by atoms with E-state index in [0.29, 0.717) is 5.92 Å². The van der Waals surface area contributed by atoms with Crippen molar-refractivity contribution >= 4 is 11.3 Å². The number of rotatable bonds is 6. The van der Waals surface area contributed by atoms with Gasteiger partial charge in [-0.3, -0.25) is 4.90 Å². The van der Waals surface area contributed by atoms with Crippen molar-refractivity contribution in [1.29, 1.82) is 0 Å². The fourth-order valence-electron chi connectivity index (χ4n) is 2.19. The predicted octanol–water partition coefficient (Wildman–Crippen LogP) is 2.61. The highest BCUT2D eigenvalue weighted by molar-refractivity contribution is 7.13. The number of nitrogens with zero attached hydrogens (tertiary/aromatic N) is 2. The number of hydrogen-bond donors (Lipinski definition) is 1. The van der Waals surface area contributed by atoms with Crippen molar-refractivity contribution in [1.82, 2.24) is 9.88 Å². The second kappa shape index (κ2) is 5.45. The Morgan fingerprint density at radius 1 is 1.58 bits per heavy atom. The van der Waals surface area contributed by atoms with E-state index < -0.39 is 0 Å². The molecule has 1 saturated carbocycles. The maximum absolute atomic E-state index is 9.92. The summed E-state index contributed by atoms with van der Waals surface area (Å²) < 4.78 is 5.07. The molecular formula is C14H18N2O2S. The molecule has 1 unspecified atom stereocenters. The molecule has 5 heteroatoms. The fourth-order valence-corrected chi connectivity index (χ4v) is 2.99. The maximum Gasteiger partial charge on any atom is 0.126 e. The molecule has 1 fully saturated rings. The Morgan fingerprint density at radius 3 is 3.11 bits per heavy atom. The minimum atomic E-state index is -0.183. The molecule has 1 atom stereocenters. The summed E-state index contributed by atoms with van der Waals surface area (Å²) in [4.78, 5) is 6.73. The standard InChI is InChI=1S/C14H18N2O2S/c1-16(7-13(17)10-2-3-10)6-12-9-19-14(15-12)11-4-5-18-8-11/h4-5,8-10,13,17H,2-3,6-7H2,1H3. The lowest BCUT2D eigenvalue weighted by Gasteiger charge is -2.19. The minimum absolute atomic E-state index is 0.183. The molecule has 0 amide bonds. The Morgan fingerprint density at radius 2 is 2.42 bits per heavy atom. The van der Waals surface area contributed by atoms with E-state index >= 15 is 0 Å². The molecule has 4 nitrogen and oxygen atoms in total. The summed E-state index contributed by atoms with van der Waals surface area (Å²) in [6.45, 7) is 1.50. The molecule has 0 aliphatic heterocycles. The molecule has 2 aromatic heterocycles. The highest BCUT2D eigenvalue weighted by Gasteiger charge is 2.30. The Kier molecular flexibility index (Phi) is 3.68. The molecule has 0 spiro atoms. The largest absolute Gasteiger partial charge is 0.472 e. The third-order valence-electron chi connectivity index (χ3n) is 3.42. The van der Waals surface area contributed by atoms with E-state index in [1.807, 2.05) is 13.1 Å². The average molecular weight is 278 g/mol. The van der Waals surface area contributed by atoms with Gasteiger partial charge >= 0.3 is 0 Å². The lowest BCUT2D eigenvalue weighted by Crippen LogP contribution is -2.30. The second-order valence-corrected chi connectivity index (χ2v) is 6.12. The van der Waals surface area contributed by atoms with E-state index in [2.05, 4.69) is 15.3 Å². The van der Waals surface area contributed by atoms with Crippen LogP contribution >= 0.6 is 11.3 Å². The molecular weight excluding hydrogens is 260 g/mol. The number of likely N-dealkylation sites (N-methyl/N-ethyl adjacent to an activating group) is 1. The van der Waals surface area contributed by atoms with Crippen molar-refractivity contribution in [2.75, 3.05) is 13.6 Å². The number of thiazole rings is 1. The number of aliphatic hydroxyl groups is 1. The summed E-state index contributed by atoms with van der Waals surface area (Å²) in [5.74, 6) is 0.527. The highest BCUT2D eigenvalue weighted by atomic mass is 32.1. The summed E-state index contributed by atoms with van der Waals surface area (Å²) in [5.41, 5.74) is 2.07. The first-order chi connectivity index (χ1) is 9.22. The summed E-state index contributed by atoms with van der Waals surface area (Å²) in [6, 6.07) is 1.92. The summed E-state index contributed by atoms with van der Waals surface area (Å²) in [6.07, 6.45) is 5.54. The van der Waals surface area contributed by atoms with Crippen molar-refractivity contribution < 1.29 is 9.52 Å². The predicted molar refractivity (Wildman–Crippen MR) is 74.9 cm³/mol. The number of aromatic nitrogens is 1. The van der Waals surface area contributed by atoms with Gasteiger partial charge < -0.3 is 9.52 Å². The van der Waals surface area contributed by atoms with Crippen LogP contribution in [0.2, 0.25) is 0 Å². The molecule has 1 N–H and O–H groups in total. The zero-order chi connectivity index (χ0) is 13.2. The lowest BCUT2D eigenvalue weighted by molar-refractivity contribution is 0.104. The second-order valence-electron chi connectivity index (χ2n) is 5.26. The van der Waals surface area contributed by atoms with Gasteiger partial charge in [-0.2, -0.15) is 0 Å². The summed E-state index contributed by atoms with van der Waals surface area (Å²) in [5, 5.41) is 13.0. The molecule has 102 valence electrons. The van der Waals surface area contributed by atoms with Gasteiger partial charge in [-0.05, 0) is 31.9 Å². The number of hydrogen-bond acceptors (Lipinski definition) is 5. The van der Waals surface area contributed by atoms with E-state index in [-0.39, 0.29) is 6.10 Å². The van der Waals surface area contributed by atoms with Crippen LogP contribution in [0.3, 0.4) is 0 Å². The van der Waals surface area contributed by atoms with Crippen LogP contribution in [0, 0.1) is 5.92 Å². The highest BCUT2D eigenvalue weighted by Crippen LogP contribution is 2.33. The first kappa shape index (κ1) is 12.8. The quantitative estimate of drug-likeness (QED) is 0.882. The molecule has 2 heterocycles. The molecule has 0 radical (unpaired) electrons. The zero-order valence-electron chi connectivity index (χ0n) is 11.0. The third-order valence-corrected chi connectivity index (χ3v) is 4.36. The van der Waals surface area contributed by atoms with Crippen LogP contribution in [-0.4, -0.2) is 34.7 Å². The zero-order valence-corrected chi connectivity index (χ0v) is 11.8. The Bertz CT molecular complexity index is 519. The van der Waals surface area contributed by atoms with Gasteiger partial charge in [0.05, 0.1) is 18.1 Å². The first-order valence-electron chi connectivity index (χ1n) is 6.56. The van der Waals surface area contributed by atoms with Gasteiger partial charge in [-0.1, -0.05) is 0 Å². The van der Waals surface area contributed by atoms with Crippen molar-refractivity contribution in [2.24, 2.45) is 5.92 Å². The topological polar surface area (TPSA) is 49.5 Å². The molecule has 1 aliphatic rings. The molecule has 0 bridgehead atoms. The van der Waals surface area contributed by atoms with Crippen molar-refractivity contribution in [3.8, 4) is 10.6 Å². The van der Waals surface area contributed by atoms with Crippen LogP contribution in [-0.2, 0) is 6.54 Å². The van der Waals surface area contributed by atoms with Gasteiger partial charge in [0, 0.05) is 24.0 Å². The molecule has 0 saturated heterocycles. The monoisotopic (exact) mass is 278 g/mol. The third kappa shape index (κ3) is 3.23. The van der Waals surface area contributed by atoms with Crippen molar-refractivity contribution in [3.63, 3.8) is 0 Å². The molecule has 1 aliphatic carbocycles. The SMILES string of the molecule is CN(Cc1csc(-c2ccoc2)n1)CC(O)C1CC1. The Hall–Kier alpha value is -1.17. The van der Waals surface area contributed by atoms with E-state index in [0.717, 1.165) is 29.4 Å². The van der Waals surface area contributed by atoms with E-state index in [4.69, 9.17) is 4.42 Å². The average Bonchev–Trinajstić information content (AvgIpc) is 2.89. The van der Waals surface area contributed by atoms with Gasteiger partial charge in [-0.15, -0.1) is 11.3 Å². The summed E-state index contributed by atoms with van der Waals surface area (Å²) in [7, 11) is 2.03. The fraction of sp³-hybridized carbons (Fsp3) is 0.500. The van der Waals surface area contributed by atoms with Crippen LogP contribution in [0.1, 0.15) is 18.5 Å². The van der Waals surface area contributed by atoms with Crippen LogP contribution in [0.15, 0.2) is 28.4 Å². The van der Waals surface area contributed by atoms with E-state index in [9.17, 15) is 5.11 Å². The Labute approximate surface area is 116 Å². The van der Waals surface area contributed by atoms with Gasteiger partial charge in [0.1, 0.15) is 11.3 Å². The van der Waals surface area contributed by atoms with E-state index in [1.165, 1.54) is 12.8 Å². The smallest absolute Gasteiger partial charge is 0.126 e. The molecule has 3 rings (SSSR count). The van der Waals surface area contributed by atoms with Crippen molar-refractivity contribution in [2.45, 2.75) is 25.5 Å². The van der Waals surface area contributed by atoms with Gasteiger partial charge in [0.25, 0.3) is 0 Å². The number of aliphatic hydroxyl groups excluding tert-OH is 1. The lowest BCUT2D eigenvalue weighted by atomic mass is 10.2. The van der Waals surface area contributed by atoms with Crippen LogP contribution < -0.4 is 0 Å². The van der Waals surface area contributed by atoms with Gasteiger partial charge in [0.2, 0.25) is 0 Å².